The van der Waals surface area contributed by atoms with Gasteiger partial charge in [-0.3, -0.25) is 0 Å². The van der Waals surface area contributed by atoms with Gasteiger partial charge in [-0.25, -0.2) is 4.79 Å². The lowest BCUT2D eigenvalue weighted by Crippen LogP contribution is -2.07. The Hall–Kier alpha value is -1.55. The van der Waals surface area contributed by atoms with Gasteiger partial charge < -0.3 is 9.15 Å². The molecular weight excluding hydrogens is 296 g/mol. The van der Waals surface area contributed by atoms with E-state index in [0.29, 0.717) is 16.3 Å². The fourth-order valence-corrected chi connectivity index (χ4v) is 1.81. The number of ether oxygens (including phenoxy) is 1. The Labute approximate surface area is 114 Å². The second-order valence-electron chi connectivity index (χ2n) is 4.22. The van der Waals surface area contributed by atoms with Gasteiger partial charge in [0.15, 0.2) is 4.67 Å². The molecule has 94 valence electrons. The maximum Gasteiger partial charge on any atom is 0.379 e. The quantitative estimate of drug-likeness (QED) is 0.624. The van der Waals surface area contributed by atoms with E-state index in [1.165, 1.54) is 5.56 Å². The van der Waals surface area contributed by atoms with Gasteiger partial charge in [-0.2, -0.15) is 0 Å². The molecule has 0 aliphatic carbocycles. The molecule has 1 heterocycles. The van der Waals surface area contributed by atoms with E-state index in [4.69, 9.17) is 9.15 Å². The van der Waals surface area contributed by atoms with Gasteiger partial charge in [-0.05, 0) is 51.7 Å². The van der Waals surface area contributed by atoms with Gasteiger partial charge in [-0.1, -0.05) is 26.0 Å². The van der Waals surface area contributed by atoms with Crippen molar-refractivity contribution in [1.29, 1.82) is 0 Å². The fourth-order valence-electron chi connectivity index (χ4n) is 1.50. The topological polar surface area (TPSA) is 39.4 Å². The Morgan fingerprint density at radius 3 is 2.33 bits per heavy atom. The van der Waals surface area contributed by atoms with Crippen LogP contribution in [0.5, 0.6) is 5.75 Å². The molecule has 0 aliphatic rings. The van der Waals surface area contributed by atoms with Crippen LogP contribution < -0.4 is 4.74 Å². The lowest BCUT2D eigenvalue weighted by Gasteiger charge is -2.06. The first-order valence-electron chi connectivity index (χ1n) is 5.64. The first-order chi connectivity index (χ1) is 8.56. The van der Waals surface area contributed by atoms with E-state index in [9.17, 15) is 4.79 Å². The van der Waals surface area contributed by atoms with Gasteiger partial charge in [0, 0.05) is 0 Å². The van der Waals surface area contributed by atoms with Crippen LogP contribution in [-0.2, 0) is 0 Å². The van der Waals surface area contributed by atoms with E-state index >= 15 is 0 Å². The van der Waals surface area contributed by atoms with Gasteiger partial charge in [0.2, 0.25) is 5.76 Å². The minimum absolute atomic E-state index is 0.176. The molecule has 0 bridgehead atoms. The summed E-state index contributed by atoms with van der Waals surface area (Å²) in [4.78, 5) is 11.7. The molecule has 0 radical (unpaired) electrons. The molecule has 0 unspecified atom stereocenters. The third-order valence-corrected chi connectivity index (χ3v) is 2.96. The van der Waals surface area contributed by atoms with Crippen LogP contribution in [0.4, 0.5) is 0 Å². The Morgan fingerprint density at radius 1 is 1.17 bits per heavy atom. The van der Waals surface area contributed by atoms with E-state index in [0.717, 1.165) is 0 Å². The highest BCUT2D eigenvalue weighted by atomic mass is 79.9. The molecule has 2 aromatic rings. The maximum atomic E-state index is 11.7. The number of carbonyl (C=O) groups is 1. The van der Waals surface area contributed by atoms with Crippen LogP contribution in [0.2, 0.25) is 0 Å². The zero-order valence-corrected chi connectivity index (χ0v) is 11.7. The second kappa shape index (κ2) is 5.40. The Balaban J connectivity index is 2.07. The smallest absolute Gasteiger partial charge is 0.379 e. The van der Waals surface area contributed by atoms with E-state index in [2.05, 4.69) is 29.8 Å². The highest BCUT2D eigenvalue weighted by molar-refractivity contribution is 9.10. The van der Waals surface area contributed by atoms with Crippen molar-refractivity contribution in [3.8, 4) is 5.75 Å². The summed E-state index contributed by atoms with van der Waals surface area (Å²) in [6.45, 7) is 4.22. The van der Waals surface area contributed by atoms with Crippen LogP contribution in [0.3, 0.4) is 0 Å². The summed E-state index contributed by atoms with van der Waals surface area (Å²) in [5.41, 5.74) is 1.20. The molecule has 0 spiro atoms. The molecule has 0 atom stereocenters. The molecule has 3 nitrogen and oxygen atoms in total. The summed E-state index contributed by atoms with van der Waals surface area (Å²) < 4.78 is 10.8. The minimum atomic E-state index is -0.502. The minimum Gasteiger partial charge on any atom is -0.442 e. The molecule has 1 aromatic heterocycles. The fraction of sp³-hybridized carbons (Fsp3) is 0.214. The number of carbonyl (C=O) groups excluding carboxylic acids is 1. The highest BCUT2D eigenvalue weighted by Crippen LogP contribution is 2.20. The number of esters is 1. The van der Waals surface area contributed by atoms with Crippen LogP contribution in [0.15, 0.2) is 45.5 Å². The van der Waals surface area contributed by atoms with Crippen molar-refractivity contribution in [3.63, 3.8) is 0 Å². The van der Waals surface area contributed by atoms with Gasteiger partial charge in [0.05, 0.1) is 0 Å². The van der Waals surface area contributed by atoms with Crippen LogP contribution in [0, 0.1) is 0 Å². The van der Waals surface area contributed by atoms with Crippen LogP contribution in [0.1, 0.15) is 35.9 Å². The van der Waals surface area contributed by atoms with Crippen LogP contribution >= 0.6 is 15.9 Å². The average molecular weight is 309 g/mol. The summed E-state index contributed by atoms with van der Waals surface area (Å²) in [6, 6.07) is 10.7. The highest BCUT2D eigenvalue weighted by Gasteiger charge is 2.13. The molecule has 0 N–H and O–H groups in total. The predicted octanol–water partition coefficient (Wildman–Crippen LogP) is 4.38. The molecule has 0 saturated carbocycles. The SMILES string of the molecule is CC(C)c1ccc(OC(=O)c2ccc(Br)o2)cc1. The lowest BCUT2D eigenvalue weighted by molar-refractivity contribution is 0.0700. The first kappa shape index (κ1) is 12.9. The Kier molecular flexibility index (Phi) is 3.87. The Morgan fingerprint density at radius 2 is 1.83 bits per heavy atom. The molecule has 1 aromatic carbocycles. The molecule has 0 fully saturated rings. The summed E-state index contributed by atoms with van der Waals surface area (Å²) in [6.07, 6.45) is 0. The lowest BCUT2D eigenvalue weighted by atomic mass is 10.0. The van der Waals surface area contributed by atoms with Crippen molar-refractivity contribution in [3.05, 3.63) is 52.4 Å². The van der Waals surface area contributed by atoms with E-state index in [-0.39, 0.29) is 5.76 Å². The number of hydrogen-bond acceptors (Lipinski definition) is 3. The molecule has 0 amide bonds. The number of benzene rings is 1. The van der Waals surface area contributed by atoms with Gasteiger partial charge >= 0.3 is 5.97 Å². The second-order valence-corrected chi connectivity index (χ2v) is 5.00. The van der Waals surface area contributed by atoms with Crippen molar-refractivity contribution in [2.45, 2.75) is 19.8 Å². The number of hydrogen-bond donors (Lipinski definition) is 0. The van der Waals surface area contributed by atoms with Crippen molar-refractivity contribution in [2.24, 2.45) is 0 Å². The molecular formula is C14H13BrO3. The monoisotopic (exact) mass is 308 g/mol. The summed E-state index contributed by atoms with van der Waals surface area (Å²) in [5.74, 6) is 0.639. The standard InChI is InChI=1S/C14H13BrO3/c1-9(2)10-3-5-11(6-4-10)17-14(16)12-7-8-13(15)18-12/h3-9H,1-2H3. The van der Waals surface area contributed by atoms with Crippen molar-refractivity contribution < 1.29 is 13.9 Å². The van der Waals surface area contributed by atoms with E-state index in [1.807, 2.05) is 12.1 Å². The molecule has 4 heteroatoms. The average Bonchev–Trinajstić information content (AvgIpc) is 2.76. The number of rotatable bonds is 3. The molecule has 18 heavy (non-hydrogen) atoms. The maximum absolute atomic E-state index is 11.7. The summed E-state index contributed by atoms with van der Waals surface area (Å²) in [5, 5.41) is 0. The van der Waals surface area contributed by atoms with Gasteiger partial charge in [-0.15, -0.1) is 0 Å². The van der Waals surface area contributed by atoms with E-state index in [1.54, 1.807) is 24.3 Å². The Bertz CT molecular complexity index is 540. The first-order valence-corrected chi connectivity index (χ1v) is 6.43. The molecule has 2 rings (SSSR count). The van der Waals surface area contributed by atoms with Crippen LogP contribution in [0.25, 0.3) is 0 Å². The third-order valence-electron chi connectivity index (χ3n) is 2.53. The van der Waals surface area contributed by atoms with Crippen molar-refractivity contribution in [1.82, 2.24) is 0 Å². The number of furan rings is 1. The molecule has 0 saturated heterocycles. The van der Waals surface area contributed by atoms with Crippen molar-refractivity contribution in [2.75, 3.05) is 0 Å². The largest absolute Gasteiger partial charge is 0.442 e. The van der Waals surface area contributed by atoms with Gasteiger partial charge in [0.25, 0.3) is 0 Å². The van der Waals surface area contributed by atoms with Crippen molar-refractivity contribution >= 4 is 21.9 Å². The van der Waals surface area contributed by atoms with Crippen LogP contribution in [-0.4, -0.2) is 5.97 Å². The summed E-state index contributed by atoms with van der Waals surface area (Å²) in [7, 11) is 0. The van der Waals surface area contributed by atoms with Gasteiger partial charge in [0.1, 0.15) is 5.75 Å². The van der Waals surface area contributed by atoms with E-state index < -0.39 is 5.97 Å². The predicted molar refractivity (Wildman–Crippen MR) is 71.9 cm³/mol. The zero-order chi connectivity index (χ0) is 13.1. The third kappa shape index (κ3) is 3.01. The number of halogens is 1. The zero-order valence-electron chi connectivity index (χ0n) is 10.1. The normalized spacial score (nSPS) is 10.7. The summed E-state index contributed by atoms with van der Waals surface area (Å²) >= 11 is 3.14. The molecule has 0 aliphatic heterocycles.